The lowest BCUT2D eigenvalue weighted by molar-refractivity contribution is -0.385. The highest BCUT2D eigenvalue weighted by Crippen LogP contribution is 2.34. The largest absolute Gasteiger partial charge is 0.454 e. The number of rotatable bonds is 5. The van der Waals surface area contributed by atoms with Crippen molar-refractivity contribution >= 4 is 34.9 Å². The molecule has 0 atom stereocenters. The van der Waals surface area contributed by atoms with Crippen LogP contribution in [0.4, 0.5) is 11.4 Å². The Morgan fingerprint density at radius 2 is 1.96 bits per heavy atom. The summed E-state index contributed by atoms with van der Waals surface area (Å²) in [6, 6.07) is 8.25. The van der Waals surface area contributed by atoms with Crippen LogP contribution in [0, 0.1) is 10.1 Å². The first-order valence-corrected chi connectivity index (χ1v) is 7.62. The Morgan fingerprint density at radius 1 is 1.19 bits per heavy atom. The Labute approximate surface area is 151 Å². The molecule has 0 fully saturated rings. The van der Waals surface area contributed by atoms with Gasteiger partial charge in [0.25, 0.3) is 11.6 Å². The lowest BCUT2D eigenvalue weighted by Gasteiger charge is -2.08. The van der Waals surface area contributed by atoms with E-state index < -0.39 is 29.1 Å². The third-order valence-corrected chi connectivity index (χ3v) is 3.60. The Hall–Kier alpha value is -3.33. The fourth-order valence-corrected chi connectivity index (χ4v) is 2.38. The van der Waals surface area contributed by atoms with Crippen molar-refractivity contribution in [2.45, 2.75) is 0 Å². The average molecular weight is 379 g/mol. The third-order valence-electron chi connectivity index (χ3n) is 3.37. The van der Waals surface area contributed by atoms with E-state index in [1.807, 2.05) is 0 Å². The number of nitro benzene ring substituents is 1. The number of hydrogen-bond donors (Lipinski definition) is 1. The average Bonchev–Trinajstić information content (AvgIpc) is 3.07. The van der Waals surface area contributed by atoms with Gasteiger partial charge >= 0.3 is 5.97 Å². The maximum Gasteiger partial charge on any atom is 0.345 e. The molecule has 1 N–H and O–H groups in total. The van der Waals surface area contributed by atoms with Crippen molar-refractivity contribution in [1.29, 1.82) is 0 Å². The molecule has 1 aliphatic heterocycles. The summed E-state index contributed by atoms with van der Waals surface area (Å²) < 4.78 is 15.2. The molecule has 0 saturated heterocycles. The van der Waals surface area contributed by atoms with Gasteiger partial charge in [-0.3, -0.25) is 14.9 Å². The normalized spacial score (nSPS) is 11.7. The van der Waals surface area contributed by atoms with Gasteiger partial charge in [-0.2, -0.15) is 0 Å². The molecular weight excluding hydrogens is 368 g/mol. The molecule has 3 rings (SSSR count). The fourth-order valence-electron chi connectivity index (χ4n) is 2.21. The van der Waals surface area contributed by atoms with E-state index in [1.54, 1.807) is 18.2 Å². The molecule has 2 aromatic rings. The zero-order chi connectivity index (χ0) is 18.7. The summed E-state index contributed by atoms with van der Waals surface area (Å²) in [6.45, 7) is -0.528. The third kappa shape index (κ3) is 3.83. The van der Waals surface area contributed by atoms with Crippen LogP contribution in [-0.4, -0.2) is 30.2 Å². The van der Waals surface area contributed by atoms with Crippen LogP contribution in [0.25, 0.3) is 0 Å². The smallest absolute Gasteiger partial charge is 0.345 e. The minimum atomic E-state index is -1.03. The molecule has 0 radical (unpaired) electrons. The van der Waals surface area contributed by atoms with Crippen molar-refractivity contribution in [2.75, 3.05) is 18.7 Å². The molecule has 0 spiro atoms. The Balaban J connectivity index is 1.62. The number of halogens is 1. The number of nitrogens with one attached hydrogen (secondary N) is 1. The van der Waals surface area contributed by atoms with Crippen molar-refractivity contribution in [3.05, 3.63) is 57.1 Å². The van der Waals surface area contributed by atoms with Crippen LogP contribution in [0.1, 0.15) is 10.4 Å². The molecule has 9 nitrogen and oxygen atoms in total. The number of ether oxygens (including phenoxy) is 3. The first-order valence-electron chi connectivity index (χ1n) is 7.24. The van der Waals surface area contributed by atoms with E-state index >= 15 is 0 Å². The van der Waals surface area contributed by atoms with Crippen LogP contribution in [0.15, 0.2) is 36.4 Å². The van der Waals surface area contributed by atoms with Gasteiger partial charge in [-0.05, 0) is 24.3 Å². The number of hydrogen-bond acceptors (Lipinski definition) is 7. The van der Waals surface area contributed by atoms with E-state index in [0.717, 1.165) is 12.1 Å². The zero-order valence-electron chi connectivity index (χ0n) is 13.1. The molecule has 0 unspecified atom stereocenters. The summed E-state index contributed by atoms with van der Waals surface area (Å²) in [5.74, 6) is -0.612. The first-order chi connectivity index (χ1) is 12.4. The van der Waals surface area contributed by atoms with Crippen molar-refractivity contribution in [3.8, 4) is 11.5 Å². The maximum atomic E-state index is 12.0. The molecule has 0 aliphatic carbocycles. The van der Waals surface area contributed by atoms with Crippen LogP contribution in [0.3, 0.4) is 0 Å². The van der Waals surface area contributed by atoms with E-state index in [-0.39, 0.29) is 17.4 Å². The van der Waals surface area contributed by atoms with Crippen LogP contribution >= 0.6 is 11.6 Å². The second-order valence-electron chi connectivity index (χ2n) is 5.11. The van der Waals surface area contributed by atoms with Crippen LogP contribution in [-0.2, 0) is 9.53 Å². The predicted molar refractivity (Wildman–Crippen MR) is 89.6 cm³/mol. The molecule has 0 saturated carbocycles. The summed E-state index contributed by atoms with van der Waals surface area (Å²) in [4.78, 5) is 34.2. The molecule has 1 heterocycles. The monoisotopic (exact) mass is 378 g/mol. The van der Waals surface area contributed by atoms with E-state index in [0.29, 0.717) is 17.2 Å². The SMILES string of the molecule is O=C(COC(=O)c1cc(Cl)ccc1[N+](=O)[O-])Nc1ccc2c(c1)OCO2. The molecular formula is C16H11ClN2O7. The highest BCUT2D eigenvalue weighted by molar-refractivity contribution is 6.31. The summed E-state index contributed by atoms with van der Waals surface area (Å²) >= 11 is 5.75. The van der Waals surface area contributed by atoms with Gasteiger partial charge in [-0.25, -0.2) is 4.79 Å². The topological polar surface area (TPSA) is 117 Å². The number of nitro groups is 1. The zero-order valence-corrected chi connectivity index (χ0v) is 13.8. The Bertz CT molecular complexity index is 900. The molecule has 0 bridgehead atoms. The highest BCUT2D eigenvalue weighted by Gasteiger charge is 2.22. The van der Waals surface area contributed by atoms with Gasteiger partial charge in [-0.15, -0.1) is 0 Å². The van der Waals surface area contributed by atoms with Gasteiger partial charge in [0.2, 0.25) is 6.79 Å². The van der Waals surface area contributed by atoms with Crippen molar-refractivity contribution in [1.82, 2.24) is 0 Å². The van der Waals surface area contributed by atoms with Gasteiger partial charge in [0.15, 0.2) is 18.1 Å². The summed E-state index contributed by atoms with van der Waals surface area (Å²) in [5, 5.41) is 13.6. The highest BCUT2D eigenvalue weighted by atomic mass is 35.5. The minimum absolute atomic E-state index is 0.1000. The molecule has 134 valence electrons. The van der Waals surface area contributed by atoms with Gasteiger partial charge in [-0.1, -0.05) is 11.6 Å². The van der Waals surface area contributed by atoms with Crippen molar-refractivity contribution in [2.24, 2.45) is 0 Å². The number of carbonyl (C=O) groups excluding carboxylic acids is 2. The van der Waals surface area contributed by atoms with Crippen molar-refractivity contribution in [3.63, 3.8) is 0 Å². The molecule has 10 heteroatoms. The summed E-state index contributed by atoms with van der Waals surface area (Å²) in [7, 11) is 0. The number of carbonyl (C=O) groups is 2. The number of esters is 1. The summed E-state index contributed by atoms with van der Waals surface area (Å²) in [6.07, 6.45) is 0. The van der Waals surface area contributed by atoms with E-state index in [4.69, 9.17) is 25.8 Å². The van der Waals surface area contributed by atoms with E-state index in [2.05, 4.69) is 5.32 Å². The second-order valence-corrected chi connectivity index (χ2v) is 5.55. The lowest BCUT2D eigenvalue weighted by Crippen LogP contribution is -2.21. The number of benzene rings is 2. The lowest BCUT2D eigenvalue weighted by atomic mass is 10.2. The molecule has 2 aromatic carbocycles. The molecule has 1 aliphatic rings. The second kappa shape index (κ2) is 7.28. The number of fused-ring (bicyclic) bond motifs is 1. The van der Waals surface area contributed by atoms with E-state index in [9.17, 15) is 19.7 Å². The molecule has 26 heavy (non-hydrogen) atoms. The Morgan fingerprint density at radius 3 is 2.73 bits per heavy atom. The first kappa shape index (κ1) is 17.5. The van der Waals surface area contributed by atoms with Crippen LogP contribution in [0.2, 0.25) is 5.02 Å². The number of anilines is 1. The standard InChI is InChI=1S/C16H11ClN2O7/c17-9-1-3-12(19(22)23)11(5-9)16(21)24-7-15(20)18-10-2-4-13-14(6-10)26-8-25-13/h1-6H,7-8H2,(H,18,20). The summed E-state index contributed by atoms with van der Waals surface area (Å²) in [5.41, 5.74) is -0.377. The maximum absolute atomic E-state index is 12.0. The van der Waals surface area contributed by atoms with Crippen molar-refractivity contribution < 1.29 is 28.7 Å². The molecule has 0 aromatic heterocycles. The minimum Gasteiger partial charge on any atom is -0.454 e. The van der Waals surface area contributed by atoms with Gasteiger partial charge < -0.3 is 19.5 Å². The van der Waals surface area contributed by atoms with E-state index in [1.165, 1.54) is 6.07 Å². The van der Waals surface area contributed by atoms with Crippen LogP contribution in [0.5, 0.6) is 11.5 Å². The number of amides is 1. The fraction of sp³-hybridized carbons (Fsp3) is 0.125. The van der Waals surface area contributed by atoms with Gasteiger partial charge in [0.1, 0.15) is 5.56 Å². The molecule has 1 amide bonds. The quantitative estimate of drug-likeness (QED) is 0.483. The Kier molecular flexibility index (Phi) is 4.90. The van der Waals surface area contributed by atoms with Crippen LogP contribution < -0.4 is 14.8 Å². The predicted octanol–water partition coefficient (Wildman–Crippen LogP) is 2.77. The van der Waals surface area contributed by atoms with Gasteiger partial charge in [0.05, 0.1) is 4.92 Å². The van der Waals surface area contributed by atoms with Gasteiger partial charge in [0, 0.05) is 22.8 Å². The number of nitrogens with zero attached hydrogens (tertiary/aromatic N) is 1.